The normalized spacial score (nSPS) is 10.6. The smallest absolute Gasteiger partial charge is 0.254 e. The summed E-state index contributed by atoms with van der Waals surface area (Å²) in [7, 11) is 1.82. The maximum Gasteiger partial charge on any atom is 0.254 e. The van der Waals surface area contributed by atoms with Crippen molar-refractivity contribution in [3.63, 3.8) is 0 Å². The van der Waals surface area contributed by atoms with E-state index in [4.69, 9.17) is 5.73 Å². The van der Waals surface area contributed by atoms with Crippen molar-refractivity contribution in [2.45, 2.75) is 19.9 Å². The molecule has 4 nitrogen and oxygen atoms in total. The Hall–Kier alpha value is -1.72. The second kappa shape index (κ2) is 6.63. The van der Waals surface area contributed by atoms with Crippen LogP contribution in [0, 0.1) is 6.92 Å². The molecule has 20 heavy (non-hydrogen) atoms. The predicted octanol–water partition coefficient (Wildman–Crippen LogP) is 2.22. The molecule has 0 spiro atoms. The molecule has 0 bridgehead atoms. The number of carbonyl (C=O) groups is 1. The summed E-state index contributed by atoms with van der Waals surface area (Å²) in [6, 6.07) is 7.65. The minimum Gasteiger partial charge on any atom is -0.336 e. The average Bonchev–Trinajstić information content (AvgIpc) is 2.84. The van der Waals surface area contributed by atoms with E-state index in [1.54, 1.807) is 16.2 Å². The molecule has 2 N–H and O–H groups in total. The van der Waals surface area contributed by atoms with Crippen molar-refractivity contribution in [2.24, 2.45) is 5.73 Å². The highest BCUT2D eigenvalue weighted by Gasteiger charge is 2.16. The second-order valence-corrected chi connectivity index (χ2v) is 6.02. The van der Waals surface area contributed by atoms with Crippen LogP contribution in [-0.4, -0.2) is 29.4 Å². The molecule has 2 aromatic rings. The van der Waals surface area contributed by atoms with Crippen molar-refractivity contribution in [2.75, 3.05) is 13.6 Å². The van der Waals surface area contributed by atoms with Crippen molar-refractivity contribution in [1.82, 2.24) is 9.88 Å². The van der Waals surface area contributed by atoms with Crippen LogP contribution in [0.3, 0.4) is 0 Å². The van der Waals surface area contributed by atoms with Gasteiger partial charge in [0, 0.05) is 23.7 Å². The first-order chi connectivity index (χ1) is 9.61. The van der Waals surface area contributed by atoms with Gasteiger partial charge in [-0.25, -0.2) is 4.98 Å². The van der Waals surface area contributed by atoms with E-state index in [2.05, 4.69) is 4.98 Å². The lowest BCUT2D eigenvalue weighted by molar-refractivity contribution is 0.0785. The number of aromatic nitrogens is 1. The van der Waals surface area contributed by atoms with Gasteiger partial charge in [0.2, 0.25) is 0 Å². The second-order valence-electron chi connectivity index (χ2n) is 4.70. The van der Waals surface area contributed by atoms with Gasteiger partial charge in [0.25, 0.3) is 5.91 Å². The van der Waals surface area contributed by atoms with Crippen LogP contribution < -0.4 is 5.73 Å². The Bertz CT molecular complexity index is 594. The summed E-state index contributed by atoms with van der Waals surface area (Å²) in [5.74, 6) is 0.0279. The van der Waals surface area contributed by atoms with E-state index >= 15 is 0 Å². The number of hydrogen-bond acceptors (Lipinski definition) is 4. The molecule has 0 saturated carbocycles. The van der Waals surface area contributed by atoms with Gasteiger partial charge < -0.3 is 10.6 Å². The van der Waals surface area contributed by atoms with Gasteiger partial charge in [-0.15, -0.1) is 11.3 Å². The molecule has 1 heterocycles. The third-order valence-corrected chi connectivity index (χ3v) is 3.97. The van der Waals surface area contributed by atoms with Gasteiger partial charge in [0.05, 0.1) is 11.6 Å². The van der Waals surface area contributed by atoms with Crippen LogP contribution >= 0.6 is 11.3 Å². The molecule has 0 aliphatic heterocycles. The maximum atomic E-state index is 12.5. The van der Waals surface area contributed by atoms with Crippen LogP contribution in [0.2, 0.25) is 0 Å². The van der Waals surface area contributed by atoms with E-state index in [9.17, 15) is 4.79 Å². The largest absolute Gasteiger partial charge is 0.336 e. The molecule has 0 radical (unpaired) electrons. The number of thiazole rings is 1. The van der Waals surface area contributed by atoms with Crippen molar-refractivity contribution >= 4 is 17.2 Å². The highest BCUT2D eigenvalue weighted by Crippen LogP contribution is 2.17. The van der Waals surface area contributed by atoms with Gasteiger partial charge in [-0.05, 0) is 31.5 Å². The molecule has 0 unspecified atom stereocenters. The van der Waals surface area contributed by atoms with Crippen LogP contribution in [0.15, 0.2) is 30.5 Å². The number of aryl methyl sites for hydroxylation is 1. The Balaban J connectivity index is 2.14. The Morgan fingerprint density at radius 1 is 1.40 bits per heavy atom. The molecule has 1 amide bonds. The third kappa shape index (κ3) is 3.43. The molecule has 106 valence electrons. The lowest BCUT2D eigenvalue weighted by Gasteiger charge is -2.18. The minimum absolute atomic E-state index is 0.0279. The van der Waals surface area contributed by atoms with E-state index in [-0.39, 0.29) is 5.91 Å². The zero-order chi connectivity index (χ0) is 14.5. The highest BCUT2D eigenvalue weighted by molar-refractivity contribution is 7.11. The van der Waals surface area contributed by atoms with Crippen LogP contribution in [0.4, 0.5) is 0 Å². The van der Waals surface area contributed by atoms with Gasteiger partial charge in [-0.2, -0.15) is 0 Å². The fourth-order valence-corrected chi connectivity index (χ4v) is 2.94. The van der Waals surface area contributed by atoms with Gasteiger partial charge in [0.15, 0.2) is 0 Å². The summed E-state index contributed by atoms with van der Waals surface area (Å²) in [5, 5.41) is 1.02. The first kappa shape index (κ1) is 14.7. The molecule has 5 heteroatoms. The zero-order valence-corrected chi connectivity index (χ0v) is 12.6. The summed E-state index contributed by atoms with van der Waals surface area (Å²) in [4.78, 5) is 19.6. The molecule has 0 aliphatic rings. The monoisotopic (exact) mass is 289 g/mol. The third-order valence-electron chi connectivity index (χ3n) is 3.07. The Morgan fingerprint density at radius 2 is 2.15 bits per heavy atom. The van der Waals surface area contributed by atoms with Gasteiger partial charge in [-0.1, -0.05) is 18.2 Å². The molecular weight excluding hydrogens is 270 g/mol. The van der Waals surface area contributed by atoms with Gasteiger partial charge >= 0.3 is 0 Å². The SMILES string of the molecule is Cc1ncc(CN(C)C(=O)c2ccccc2CCN)s1. The molecule has 1 aromatic heterocycles. The lowest BCUT2D eigenvalue weighted by Crippen LogP contribution is -2.27. The highest BCUT2D eigenvalue weighted by atomic mass is 32.1. The Morgan fingerprint density at radius 3 is 2.80 bits per heavy atom. The molecule has 0 saturated heterocycles. The van der Waals surface area contributed by atoms with E-state index < -0.39 is 0 Å². The first-order valence-corrected chi connectivity index (χ1v) is 7.38. The number of rotatable bonds is 5. The quantitative estimate of drug-likeness (QED) is 0.918. The van der Waals surface area contributed by atoms with E-state index in [1.807, 2.05) is 44.4 Å². The van der Waals surface area contributed by atoms with E-state index in [0.29, 0.717) is 13.1 Å². The topological polar surface area (TPSA) is 59.2 Å². The van der Waals surface area contributed by atoms with Crippen molar-refractivity contribution in [3.05, 3.63) is 51.5 Å². The minimum atomic E-state index is 0.0279. The first-order valence-electron chi connectivity index (χ1n) is 6.56. The number of hydrogen-bond donors (Lipinski definition) is 1. The standard InChI is InChI=1S/C15H19N3OS/c1-11-17-9-13(20-11)10-18(2)15(19)14-6-4-3-5-12(14)7-8-16/h3-6,9H,7-8,10,16H2,1-2H3. The molecule has 0 fully saturated rings. The van der Waals surface area contributed by atoms with Gasteiger partial charge in [0.1, 0.15) is 0 Å². The fraction of sp³-hybridized carbons (Fsp3) is 0.333. The number of nitrogens with zero attached hydrogens (tertiary/aromatic N) is 2. The zero-order valence-electron chi connectivity index (χ0n) is 11.8. The summed E-state index contributed by atoms with van der Waals surface area (Å²) < 4.78 is 0. The molecule has 0 atom stereocenters. The van der Waals surface area contributed by atoms with Crippen LogP contribution in [0.25, 0.3) is 0 Å². The summed E-state index contributed by atoms with van der Waals surface area (Å²) in [6.07, 6.45) is 2.55. The number of nitrogens with two attached hydrogens (primary N) is 1. The maximum absolute atomic E-state index is 12.5. The average molecular weight is 289 g/mol. The van der Waals surface area contributed by atoms with Crippen molar-refractivity contribution in [3.8, 4) is 0 Å². The summed E-state index contributed by atoms with van der Waals surface area (Å²) in [6.45, 7) is 3.09. The number of carbonyl (C=O) groups excluding carboxylic acids is 1. The van der Waals surface area contributed by atoms with Crippen LogP contribution in [-0.2, 0) is 13.0 Å². The Kier molecular flexibility index (Phi) is 4.87. The summed E-state index contributed by atoms with van der Waals surface area (Å²) in [5.41, 5.74) is 7.34. The Labute approximate surface area is 123 Å². The van der Waals surface area contributed by atoms with E-state index in [1.165, 1.54) is 0 Å². The van der Waals surface area contributed by atoms with E-state index in [0.717, 1.165) is 27.4 Å². The summed E-state index contributed by atoms with van der Waals surface area (Å²) >= 11 is 1.62. The van der Waals surface area contributed by atoms with Crippen molar-refractivity contribution < 1.29 is 4.79 Å². The molecular formula is C15H19N3OS. The van der Waals surface area contributed by atoms with Crippen LogP contribution in [0.1, 0.15) is 25.8 Å². The fourth-order valence-electron chi connectivity index (χ4n) is 2.09. The number of amides is 1. The lowest BCUT2D eigenvalue weighted by atomic mass is 10.0. The molecule has 2 rings (SSSR count). The molecule has 0 aliphatic carbocycles. The molecule has 1 aromatic carbocycles. The van der Waals surface area contributed by atoms with Gasteiger partial charge in [-0.3, -0.25) is 4.79 Å². The van der Waals surface area contributed by atoms with Crippen molar-refractivity contribution in [1.29, 1.82) is 0 Å². The number of benzene rings is 1. The van der Waals surface area contributed by atoms with Crippen LogP contribution in [0.5, 0.6) is 0 Å². The predicted molar refractivity (Wildman–Crippen MR) is 81.8 cm³/mol.